The highest BCUT2D eigenvalue weighted by molar-refractivity contribution is 6.34. The van der Waals surface area contributed by atoms with Gasteiger partial charge in [0.05, 0.1) is 14.2 Å². The van der Waals surface area contributed by atoms with Crippen LogP contribution in [0.2, 0.25) is 5.02 Å². The van der Waals surface area contributed by atoms with Crippen molar-refractivity contribution in [2.45, 2.75) is 13.5 Å². The molecule has 0 aliphatic heterocycles. The highest BCUT2D eigenvalue weighted by Crippen LogP contribution is 2.42. The Morgan fingerprint density at radius 2 is 1.81 bits per heavy atom. The lowest BCUT2D eigenvalue weighted by Gasteiger charge is -2.16. The Labute approximate surface area is 130 Å². The summed E-state index contributed by atoms with van der Waals surface area (Å²) in [6.07, 6.45) is 0. The minimum atomic E-state index is 0.496. The Hall–Kier alpha value is -1.71. The van der Waals surface area contributed by atoms with Crippen LogP contribution in [-0.4, -0.2) is 21.3 Å². The van der Waals surface area contributed by atoms with Crippen LogP contribution < -0.4 is 14.8 Å². The van der Waals surface area contributed by atoms with Crippen molar-refractivity contribution in [3.05, 3.63) is 46.5 Å². The fourth-order valence-corrected chi connectivity index (χ4v) is 2.70. The van der Waals surface area contributed by atoms with Crippen LogP contribution in [0.15, 0.2) is 30.3 Å². The summed E-state index contributed by atoms with van der Waals surface area (Å²) in [7, 11) is 5.15. The van der Waals surface area contributed by atoms with Crippen LogP contribution in [0, 0.1) is 6.92 Å². The molecule has 0 saturated heterocycles. The minimum Gasteiger partial charge on any atom is -0.495 e. The van der Waals surface area contributed by atoms with Crippen molar-refractivity contribution < 1.29 is 9.47 Å². The molecule has 2 rings (SSSR count). The molecule has 0 unspecified atom stereocenters. The molecule has 0 heterocycles. The lowest BCUT2D eigenvalue weighted by Crippen LogP contribution is -2.05. The predicted molar refractivity (Wildman–Crippen MR) is 87.5 cm³/mol. The van der Waals surface area contributed by atoms with E-state index in [0.29, 0.717) is 16.5 Å². The summed E-state index contributed by atoms with van der Waals surface area (Å²) < 4.78 is 10.7. The van der Waals surface area contributed by atoms with Gasteiger partial charge in [-0.1, -0.05) is 23.7 Å². The van der Waals surface area contributed by atoms with E-state index in [-0.39, 0.29) is 0 Å². The van der Waals surface area contributed by atoms with Crippen LogP contribution in [-0.2, 0) is 6.54 Å². The molecule has 0 aliphatic carbocycles. The third-order valence-electron chi connectivity index (χ3n) is 3.46. The lowest BCUT2D eigenvalue weighted by molar-refractivity contribution is 0.396. The van der Waals surface area contributed by atoms with Gasteiger partial charge in [0.1, 0.15) is 16.5 Å². The second-order valence-corrected chi connectivity index (χ2v) is 5.22. The van der Waals surface area contributed by atoms with Gasteiger partial charge in [0.2, 0.25) is 0 Å². The van der Waals surface area contributed by atoms with E-state index in [0.717, 1.165) is 17.7 Å². The SMILES string of the molecule is CNCc1ccc(C)c(-c2ccc(OC)c(Cl)c2OC)c1. The van der Waals surface area contributed by atoms with E-state index >= 15 is 0 Å². The van der Waals surface area contributed by atoms with Crippen LogP contribution in [0.4, 0.5) is 0 Å². The quantitative estimate of drug-likeness (QED) is 0.904. The third kappa shape index (κ3) is 3.14. The smallest absolute Gasteiger partial charge is 0.149 e. The first-order valence-electron chi connectivity index (χ1n) is 6.77. The van der Waals surface area contributed by atoms with Crippen molar-refractivity contribution in [2.24, 2.45) is 0 Å². The van der Waals surface area contributed by atoms with Gasteiger partial charge in [-0.25, -0.2) is 0 Å². The summed E-state index contributed by atoms with van der Waals surface area (Å²) in [5.74, 6) is 1.25. The average Bonchev–Trinajstić information content (AvgIpc) is 2.49. The van der Waals surface area contributed by atoms with Crippen LogP contribution >= 0.6 is 11.6 Å². The first-order chi connectivity index (χ1) is 10.1. The molecular weight excluding hydrogens is 286 g/mol. The lowest BCUT2D eigenvalue weighted by atomic mass is 9.97. The summed E-state index contributed by atoms with van der Waals surface area (Å²) in [6.45, 7) is 2.90. The second-order valence-electron chi connectivity index (χ2n) is 4.84. The van der Waals surface area contributed by atoms with Gasteiger partial charge in [-0.05, 0) is 48.9 Å². The molecular formula is C17H20ClNO2. The van der Waals surface area contributed by atoms with E-state index in [9.17, 15) is 0 Å². The first-order valence-corrected chi connectivity index (χ1v) is 7.15. The molecule has 1 N–H and O–H groups in total. The molecule has 2 aromatic carbocycles. The number of nitrogens with one attached hydrogen (secondary N) is 1. The van der Waals surface area contributed by atoms with E-state index in [1.54, 1.807) is 14.2 Å². The Kier molecular flexibility index (Phi) is 5.10. The van der Waals surface area contributed by atoms with Crippen LogP contribution in [0.1, 0.15) is 11.1 Å². The van der Waals surface area contributed by atoms with Gasteiger partial charge in [0.25, 0.3) is 0 Å². The summed E-state index contributed by atoms with van der Waals surface area (Å²) in [4.78, 5) is 0. The zero-order valence-corrected chi connectivity index (χ0v) is 13.5. The van der Waals surface area contributed by atoms with Crippen molar-refractivity contribution >= 4 is 11.6 Å². The van der Waals surface area contributed by atoms with Crippen LogP contribution in [0.25, 0.3) is 11.1 Å². The summed E-state index contributed by atoms with van der Waals surface area (Å²) in [5.41, 5.74) is 4.48. The minimum absolute atomic E-state index is 0.496. The van der Waals surface area contributed by atoms with Gasteiger partial charge in [0.15, 0.2) is 0 Å². The topological polar surface area (TPSA) is 30.5 Å². The zero-order valence-electron chi connectivity index (χ0n) is 12.8. The Morgan fingerprint density at radius 3 is 2.43 bits per heavy atom. The van der Waals surface area contributed by atoms with Crippen LogP contribution in [0.5, 0.6) is 11.5 Å². The van der Waals surface area contributed by atoms with Gasteiger partial charge in [-0.2, -0.15) is 0 Å². The number of halogens is 1. The van der Waals surface area contributed by atoms with Gasteiger partial charge >= 0.3 is 0 Å². The van der Waals surface area contributed by atoms with Crippen molar-refractivity contribution in [3.8, 4) is 22.6 Å². The van der Waals surface area contributed by atoms with Gasteiger partial charge in [0, 0.05) is 12.1 Å². The first kappa shape index (κ1) is 15.7. The molecule has 0 fully saturated rings. The van der Waals surface area contributed by atoms with E-state index in [1.165, 1.54) is 11.1 Å². The molecule has 0 bridgehead atoms. The molecule has 3 nitrogen and oxygen atoms in total. The molecule has 21 heavy (non-hydrogen) atoms. The highest BCUT2D eigenvalue weighted by Gasteiger charge is 2.16. The monoisotopic (exact) mass is 305 g/mol. The highest BCUT2D eigenvalue weighted by atomic mass is 35.5. The Bertz CT molecular complexity index is 641. The predicted octanol–water partition coefficient (Wildman–Crippen LogP) is 4.05. The maximum absolute atomic E-state index is 6.36. The molecule has 0 atom stereocenters. The van der Waals surface area contributed by atoms with E-state index < -0.39 is 0 Å². The largest absolute Gasteiger partial charge is 0.495 e. The van der Waals surface area contributed by atoms with E-state index in [4.69, 9.17) is 21.1 Å². The van der Waals surface area contributed by atoms with E-state index in [1.807, 2.05) is 19.2 Å². The number of aryl methyl sites for hydroxylation is 1. The molecule has 0 aromatic heterocycles. The number of benzene rings is 2. The zero-order chi connectivity index (χ0) is 15.4. The Morgan fingerprint density at radius 1 is 1.05 bits per heavy atom. The molecule has 0 radical (unpaired) electrons. The van der Waals surface area contributed by atoms with E-state index in [2.05, 4.69) is 30.4 Å². The fraction of sp³-hybridized carbons (Fsp3) is 0.294. The molecule has 112 valence electrons. The Balaban J connectivity index is 2.61. The van der Waals surface area contributed by atoms with Crippen LogP contribution in [0.3, 0.4) is 0 Å². The van der Waals surface area contributed by atoms with Gasteiger partial charge in [-0.15, -0.1) is 0 Å². The van der Waals surface area contributed by atoms with Crippen molar-refractivity contribution in [1.82, 2.24) is 5.32 Å². The summed E-state index contributed by atoms with van der Waals surface area (Å²) >= 11 is 6.36. The van der Waals surface area contributed by atoms with Crippen molar-refractivity contribution in [2.75, 3.05) is 21.3 Å². The second kappa shape index (κ2) is 6.83. The summed E-state index contributed by atoms with van der Waals surface area (Å²) in [6, 6.07) is 10.2. The maximum atomic E-state index is 6.36. The number of ether oxygens (including phenoxy) is 2. The number of methoxy groups -OCH3 is 2. The molecule has 0 amide bonds. The van der Waals surface area contributed by atoms with Gasteiger partial charge in [-0.3, -0.25) is 0 Å². The molecule has 4 heteroatoms. The molecule has 0 spiro atoms. The third-order valence-corrected chi connectivity index (χ3v) is 3.82. The summed E-state index contributed by atoms with van der Waals surface area (Å²) in [5, 5.41) is 3.66. The normalized spacial score (nSPS) is 10.5. The number of rotatable bonds is 5. The number of hydrogen-bond donors (Lipinski definition) is 1. The standard InChI is InChI=1S/C17H20ClNO2/c1-11-5-6-12(10-19-2)9-14(11)13-7-8-15(20-3)16(18)17(13)21-4/h5-9,19H,10H2,1-4H3. The average molecular weight is 306 g/mol. The molecule has 0 saturated carbocycles. The molecule has 0 aliphatic rings. The van der Waals surface area contributed by atoms with Crippen molar-refractivity contribution in [1.29, 1.82) is 0 Å². The van der Waals surface area contributed by atoms with Crippen molar-refractivity contribution in [3.63, 3.8) is 0 Å². The molecule has 2 aromatic rings. The fourth-order valence-electron chi connectivity index (χ4n) is 2.38. The van der Waals surface area contributed by atoms with Gasteiger partial charge < -0.3 is 14.8 Å². The number of hydrogen-bond acceptors (Lipinski definition) is 3. The maximum Gasteiger partial charge on any atom is 0.149 e.